The van der Waals surface area contributed by atoms with E-state index in [4.69, 9.17) is 4.74 Å². The second-order valence-corrected chi connectivity index (χ2v) is 6.82. The van der Waals surface area contributed by atoms with E-state index in [2.05, 4.69) is 16.0 Å². The topological polar surface area (TPSA) is 82.7 Å². The molecule has 3 N–H and O–H groups in total. The third kappa shape index (κ3) is 10.4. The Hall–Kier alpha value is -3.27. The summed E-state index contributed by atoms with van der Waals surface area (Å²) < 4.78 is 42.2. The Kier molecular flexibility index (Phi) is 9.13. The summed E-state index contributed by atoms with van der Waals surface area (Å²) in [5, 5.41) is 7.89. The molecule has 168 valence electrons. The fourth-order valence-electron chi connectivity index (χ4n) is 2.64. The molecule has 0 fully saturated rings. The van der Waals surface area contributed by atoms with Crippen LogP contribution in [0.5, 0.6) is 5.75 Å². The molecule has 0 saturated heterocycles. The van der Waals surface area contributed by atoms with E-state index in [0.29, 0.717) is 23.5 Å². The van der Waals surface area contributed by atoms with Crippen LogP contribution in [0.4, 0.5) is 29.3 Å². The molecule has 2 aromatic rings. The molecule has 0 aromatic heterocycles. The lowest BCUT2D eigenvalue weighted by atomic mass is 10.3. The van der Waals surface area contributed by atoms with Gasteiger partial charge in [0.2, 0.25) is 0 Å². The molecule has 7 nitrogen and oxygen atoms in total. The Morgan fingerprint density at radius 1 is 1.00 bits per heavy atom. The largest absolute Gasteiger partial charge is 0.484 e. The highest BCUT2D eigenvalue weighted by atomic mass is 19.4. The summed E-state index contributed by atoms with van der Waals surface area (Å²) >= 11 is 0. The van der Waals surface area contributed by atoms with Crippen molar-refractivity contribution in [3.8, 4) is 5.75 Å². The van der Waals surface area contributed by atoms with E-state index >= 15 is 0 Å². The number of hydrogen-bond acceptors (Lipinski definition) is 4. The first-order chi connectivity index (χ1) is 14.7. The van der Waals surface area contributed by atoms with E-state index in [0.717, 1.165) is 4.90 Å². The van der Waals surface area contributed by atoms with E-state index in [1.807, 2.05) is 6.07 Å². The maximum absolute atomic E-state index is 12.3. The highest BCUT2D eigenvalue weighted by Gasteiger charge is 2.28. The molecular formula is C21H25F3N4O3. The van der Waals surface area contributed by atoms with Crippen molar-refractivity contribution >= 4 is 23.3 Å². The lowest BCUT2D eigenvalue weighted by Gasteiger charge is -2.18. The number of carbonyl (C=O) groups excluding carboxylic acids is 2. The fourth-order valence-corrected chi connectivity index (χ4v) is 2.64. The Morgan fingerprint density at radius 2 is 1.71 bits per heavy atom. The second-order valence-electron chi connectivity index (χ2n) is 6.82. The van der Waals surface area contributed by atoms with E-state index < -0.39 is 18.8 Å². The van der Waals surface area contributed by atoms with Crippen LogP contribution in [0.3, 0.4) is 0 Å². The lowest BCUT2D eigenvalue weighted by molar-refractivity contribution is -0.143. The standard InChI is InChI=1S/C21H25F3N4O3/c1-28(15-21(22,23)24)12-6-11-25-20(30)27-17-9-5-10-18(13-17)31-14-19(29)26-16-7-3-2-4-8-16/h2-5,7-10,13H,6,11-12,14-15H2,1H3,(H,26,29)(H2,25,27,30). The van der Waals surface area contributed by atoms with Gasteiger partial charge < -0.3 is 20.7 Å². The van der Waals surface area contributed by atoms with Crippen molar-refractivity contribution < 1.29 is 27.5 Å². The summed E-state index contributed by atoms with van der Waals surface area (Å²) in [6, 6.07) is 15.0. The van der Waals surface area contributed by atoms with Crippen molar-refractivity contribution in [3.05, 3.63) is 54.6 Å². The van der Waals surface area contributed by atoms with Crippen LogP contribution in [0.15, 0.2) is 54.6 Å². The van der Waals surface area contributed by atoms with Gasteiger partial charge in [0.25, 0.3) is 5.91 Å². The summed E-state index contributed by atoms with van der Waals surface area (Å²) in [5.74, 6) is 0.0765. The quantitative estimate of drug-likeness (QED) is 0.494. The second kappa shape index (κ2) is 11.8. The number of para-hydroxylation sites is 1. The van der Waals surface area contributed by atoms with Gasteiger partial charge in [-0.2, -0.15) is 13.2 Å². The molecular weight excluding hydrogens is 413 g/mol. The normalized spacial score (nSPS) is 11.1. The number of urea groups is 1. The maximum Gasteiger partial charge on any atom is 0.401 e. The Balaban J connectivity index is 1.70. The van der Waals surface area contributed by atoms with Gasteiger partial charge in [0.05, 0.1) is 6.54 Å². The first-order valence-corrected chi connectivity index (χ1v) is 9.59. The van der Waals surface area contributed by atoms with Gasteiger partial charge in [0.15, 0.2) is 6.61 Å². The molecule has 3 amide bonds. The molecule has 2 aromatic carbocycles. The van der Waals surface area contributed by atoms with Crippen molar-refractivity contribution in [3.63, 3.8) is 0 Å². The van der Waals surface area contributed by atoms with Crippen molar-refractivity contribution in [1.29, 1.82) is 0 Å². The van der Waals surface area contributed by atoms with E-state index in [1.54, 1.807) is 48.5 Å². The summed E-state index contributed by atoms with van der Waals surface area (Å²) in [6.07, 6.45) is -3.87. The third-order valence-corrected chi connectivity index (χ3v) is 3.97. The molecule has 31 heavy (non-hydrogen) atoms. The number of alkyl halides is 3. The first-order valence-electron chi connectivity index (χ1n) is 9.59. The predicted molar refractivity (Wildman–Crippen MR) is 112 cm³/mol. The van der Waals surface area contributed by atoms with Crippen molar-refractivity contribution in [2.45, 2.75) is 12.6 Å². The molecule has 2 rings (SSSR count). The minimum atomic E-state index is -4.24. The summed E-state index contributed by atoms with van der Waals surface area (Å²) in [7, 11) is 1.37. The molecule has 0 bridgehead atoms. The number of amides is 3. The van der Waals surface area contributed by atoms with Crippen LogP contribution < -0.4 is 20.7 Å². The van der Waals surface area contributed by atoms with Crippen LogP contribution in [-0.4, -0.2) is 56.3 Å². The fraction of sp³-hybridized carbons (Fsp3) is 0.333. The lowest BCUT2D eigenvalue weighted by Crippen LogP contribution is -2.34. The smallest absolute Gasteiger partial charge is 0.401 e. The SMILES string of the molecule is CN(CCCNC(=O)Nc1cccc(OCC(=O)Nc2ccccc2)c1)CC(F)(F)F. The Labute approximate surface area is 178 Å². The number of benzene rings is 2. The molecule has 0 aliphatic heterocycles. The van der Waals surface area contributed by atoms with Crippen LogP contribution >= 0.6 is 0 Å². The van der Waals surface area contributed by atoms with E-state index in [-0.39, 0.29) is 25.6 Å². The molecule has 0 atom stereocenters. The number of rotatable bonds is 10. The summed E-state index contributed by atoms with van der Waals surface area (Å²) in [5.41, 5.74) is 1.11. The Morgan fingerprint density at radius 3 is 2.42 bits per heavy atom. The monoisotopic (exact) mass is 438 g/mol. The van der Waals surface area contributed by atoms with Gasteiger partial charge in [-0.3, -0.25) is 9.69 Å². The predicted octanol–water partition coefficient (Wildman–Crippen LogP) is 3.71. The van der Waals surface area contributed by atoms with Crippen molar-refractivity contribution in [1.82, 2.24) is 10.2 Å². The zero-order valence-corrected chi connectivity index (χ0v) is 17.0. The number of carbonyl (C=O) groups is 2. The van der Waals surface area contributed by atoms with Gasteiger partial charge in [0.1, 0.15) is 5.75 Å². The number of nitrogens with one attached hydrogen (secondary N) is 3. The average molecular weight is 438 g/mol. The minimum Gasteiger partial charge on any atom is -0.484 e. The Bertz CT molecular complexity index is 847. The molecule has 0 aliphatic rings. The highest BCUT2D eigenvalue weighted by molar-refractivity contribution is 5.92. The number of hydrogen-bond donors (Lipinski definition) is 3. The number of anilines is 2. The molecule has 0 radical (unpaired) electrons. The third-order valence-electron chi connectivity index (χ3n) is 3.97. The zero-order chi connectivity index (χ0) is 22.7. The van der Waals surface area contributed by atoms with Gasteiger partial charge in [0, 0.05) is 24.0 Å². The molecule has 0 saturated carbocycles. The van der Waals surface area contributed by atoms with Crippen LogP contribution in [0.2, 0.25) is 0 Å². The molecule has 0 aliphatic carbocycles. The first kappa shape index (κ1) is 24.0. The maximum atomic E-state index is 12.3. The number of halogens is 3. The van der Waals surface area contributed by atoms with Crippen LogP contribution in [0.1, 0.15) is 6.42 Å². The summed E-state index contributed by atoms with van der Waals surface area (Å²) in [4.78, 5) is 25.0. The van der Waals surface area contributed by atoms with Gasteiger partial charge in [-0.15, -0.1) is 0 Å². The van der Waals surface area contributed by atoms with Gasteiger partial charge >= 0.3 is 12.2 Å². The summed E-state index contributed by atoms with van der Waals surface area (Å²) in [6.45, 7) is -0.761. The average Bonchev–Trinajstić information content (AvgIpc) is 2.69. The van der Waals surface area contributed by atoms with Gasteiger partial charge in [-0.1, -0.05) is 24.3 Å². The number of nitrogens with zero attached hydrogens (tertiary/aromatic N) is 1. The number of ether oxygens (including phenoxy) is 1. The van der Waals surface area contributed by atoms with E-state index in [1.165, 1.54) is 7.05 Å². The molecule has 10 heteroatoms. The van der Waals surface area contributed by atoms with Crippen molar-refractivity contribution in [2.75, 3.05) is 43.9 Å². The van der Waals surface area contributed by atoms with Crippen LogP contribution in [0, 0.1) is 0 Å². The molecule has 0 spiro atoms. The highest BCUT2D eigenvalue weighted by Crippen LogP contribution is 2.18. The van der Waals surface area contributed by atoms with Crippen LogP contribution in [-0.2, 0) is 4.79 Å². The van der Waals surface area contributed by atoms with Gasteiger partial charge in [-0.25, -0.2) is 4.79 Å². The van der Waals surface area contributed by atoms with Gasteiger partial charge in [-0.05, 0) is 44.3 Å². The minimum absolute atomic E-state index is 0.198. The zero-order valence-electron chi connectivity index (χ0n) is 17.0. The van der Waals surface area contributed by atoms with E-state index in [9.17, 15) is 22.8 Å². The van der Waals surface area contributed by atoms with Crippen LogP contribution in [0.25, 0.3) is 0 Å². The molecule has 0 heterocycles. The van der Waals surface area contributed by atoms with Crippen molar-refractivity contribution in [2.24, 2.45) is 0 Å². The molecule has 0 unspecified atom stereocenters.